The maximum Gasteiger partial charge on any atom is 0.0678 e. The Morgan fingerprint density at radius 1 is 1.17 bits per heavy atom. The predicted molar refractivity (Wildman–Crippen MR) is 74.7 cm³/mol. The lowest BCUT2D eigenvalue weighted by Gasteiger charge is -2.07. The summed E-state index contributed by atoms with van der Waals surface area (Å²) in [5, 5.41) is 0. The molecule has 0 unspecified atom stereocenters. The molecule has 2 nitrogen and oxygen atoms in total. The van der Waals surface area contributed by atoms with Crippen molar-refractivity contribution < 1.29 is 0 Å². The van der Waals surface area contributed by atoms with Crippen molar-refractivity contribution >= 4 is 11.8 Å². The van der Waals surface area contributed by atoms with Crippen LogP contribution in [0.25, 0.3) is 0 Å². The van der Waals surface area contributed by atoms with Crippen LogP contribution >= 0.6 is 11.8 Å². The van der Waals surface area contributed by atoms with Gasteiger partial charge in [0, 0.05) is 22.5 Å². The summed E-state index contributed by atoms with van der Waals surface area (Å²) in [6.07, 6.45) is 5.56. The van der Waals surface area contributed by atoms with Gasteiger partial charge in [-0.3, -0.25) is 4.98 Å². The van der Waals surface area contributed by atoms with Gasteiger partial charge in [0.05, 0.1) is 5.69 Å². The zero-order valence-corrected chi connectivity index (χ0v) is 11.0. The molecular weight excluding hydrogens is 240 g/mol. The first-order valence-electron chi connectivity index (χ1n) is 6.30. The number of hydrogen-bond acceptors (Lipinski definition) is 3. The first kappa shape index (κ1) is 11.8. The van der Waals surface area contributed by atoms with Crippen molar-refractivity contribution in [2.45, 2.75) is 35.6 Å². The summed E-state index contributed by atoms with van der Waals surface area (Å²) in [4.78, 5) is 6.77. The topological polar surface area (TPSA) is 38.9 Å². The Bertz CT molecular complexity index is 566. The molecule has 0 atom stereocenters. The maximum atomic E-state index is 5.72. The van der Waals surface area contributed by atoms with Gasteiger partial charge >= 0.3 is 0 Å². The van der Waals surface area contributed by atoms with Crippen LogP contribution in [0.5, 0.6) is 0 Å². The Morgan fingerprint density at radius 2 is 2.06 bits per heavy atom. The van der Waals surface area contributed by atoms with Crippen molar-refractivity contribution in [1.29, 1.82) is 0 Å². The molecule has 0 saturated heterocycles. The zero-order valence-electron chi connectivity index (χ0n) is 10.2. The smallest absolute Gasteiger partial charge is 0.0678 e. The molecule has 3 rings (SSSR count). The second-order valence-corrected chi connectivity index (χ2v) is 5.65. The van der Waals surface area contributed by atoms with Crippen LogP contribution in [0, 0.1) is 0 Å². The van der Waals surface area contributed by atoms with Crippen LogP contribution in [0.2, 0.25) is 0 Å². The third-order valence-electron chi connectivity index (χ3n) is 3.34. The fraction of sp³-hybridized carbons (Fsp3) is 0.267. The van der Waals surface area contributed by atoms with E-state index in [1.165, 1.54) is 35.3 Å². The quantitative estimate of drug-likeness (QED) is 0.916. The van der Waals surface area contributed by atoms with Gasteiger partial charge in [0.25, 0.3) is 0 Å². The van der Waals surface area contributed by atoms with Crippen LogP contribution in [0.4, 0.5) is 0 Å². The molecule has 0 aliphatic heterocycles. The maximum absolute atomic E-state index is 5.72. The first-order valence-corrected chi connectivity index (χ1v) is 7.12. The van der Waals surface area contributed by atoms with Crippen molar-refractivity contribution in [1.82, 2.24) is 4.98 Å². The minimum atomic E-state index is 0.494. The van der Waals surface area contributed by atoms with E-state index < -0.39 is 0 Å². The number of aromatic nitrogens is 1. The highest BCUT2D eigenvalue weighted by Crippen LogP contribution is 2.33. The highest BCUT2D eigenvalue weighted by atomic mass is 32.2. The summed E-state index contributed by atoms with van der Waals surface area (Å²) in [5.74, 6) is 0. The van der Waals surface area contributed by atoms with E-state index in [4.69, 9.17) is 5.73 Å². The Morgan fingerprint density at radius 3 is 2.94 bits per heavy atom. The van der Waals surface area contributed by atoms with E-state index in [1.807, 2.05) is 6.07 Å². The standard InChI is InChI=1S/C15H16N2S/c16-10-14-15(5-2-8-17-14)18-13-7-6-11-3-1-4-12(11)9-13/h2,5-9H,1,3-4,10,16H2. The minimum Gasteiger partial charge on any atom is -0.325 e. The molecule has 92 valence electrons. The van der Waals surface area contributed by atoms with Gasteiger partial charge in [-0.1, -0.05) is 17.8 Å². The molecule has 1 aromatic heterocycles. The van der Waals surface area contributed by atoms with E-state index in [2.05, 4.69) is 29.2 Å². The Balaban J connectivity index is 1.88. The van der Waals surface area contributed by atoms with Gasteiger partial charge in [0.1, 0.15) is 0 Å². The van der Waals surface area contributed by atoms with Crippen molar-refractivity contribution in [3.05, 3.63) is 53.3 Å². The Hall–Kier alpha value is -1.32. The largest absolute Gasteiger partial charge is 0.325 e. The summed E-state index contributed by atoms with van der Waals surface area (Å²) in [5.41, 5.74) is 9.72. The van der Waals surface area contributed by atoms with Crippen molar-refractivity contribution in [2.24, 2.45) is 5.73 Å². The molecule has 0 bridgehead atoms. The average Bonchev–Trinajstić information content (AvgIpc) is 2.87. The van der Waals surface area contributed by atoms with Crippen LogP contribution in [-0.4, -0.2) is 4.98 Å². The second kappa shape index (κ2) is 5.12. The minimum absolute atomic E-state index is 0.494. The van der Waals surface area contributed by atoms with E-state index in [9.17, 15) is 0 Å². The van der Waals surface area contributed by atoms with Crippen LogP contribution in [0.3, 0.4) is 0 Å². The molecule has 2 N–H and O–H groups in total. The lowest BCUT2D eigenvalue weighted by molar-refractivity contribution is 0.911. The molecule has 1 aliphatic carbocycles. The van der Waals surface area contributed by atoms with Crippen molar-refractivity contribution in [3.63, 3.8) is 0 Å². The van der Waals surface area contributed by atoms with Gasteiger partial charge in [-0.15, -0.1) is 0 Å². The van der Waals surface area contributed by atoms with Gasteiger partial charge in [-0.25, -0.2) is 0 Å². The van der Waals surface area contributed by atoms with Crippen LogP contribution < -0.4 is 5.73 Å². The lowest BCUT2D eigenvalue weighted by Crippen LogP contribution is -2.00. The van der Waals surface area contributed by atoms with Crippen molar-refractivity contribution in [2.75, 3.05) is 0 Å². The number of aryl methyl sites for hydroxylation is 2. The molecule has 0 spiro atoms. The second-order valence-electron chi connectivity index (χ2n) is 4.54. The van der Waals surface area contributed by atoms with E-state index in [0.717, 1.165) is 10.6 Å². The van der Waals surface area contributed by atoms with Crippen molar-refractivity contribution in [3.8, 4) is 0 Å². The Kier molecular flexibility index (Phi) is 3.35. The molecular formula is C15H16N2S. The summed E-state index contributed by atoms with van der Waals surface area (Å²) >= 11 is 1.76. The molecule has 0 amide bonds. The van der Waals surface area contributed by atoms with Crippen LogP contribution in [0.1, 0.15) is 23.2 Å². The van der Waals surface area contributed by atoms with Gasteiger partial charge in [0.15, 0.2) is 0 Å². The number of pyridine rings is 1. The molecule has 0 radical (unpaired) electrons. The van der Waals surface area contributed by atoms with Gasteiger partial charge in [-0.2, -0.15) is 0 Å². The zero-order chi connectivity index (χ0) is 12.4. The molecule has 0 saturated carbocycles. The first-order chi connectivity index (χ1) is 8.86. The summed E-state index contributed by atoms with van der Waals surface area (Å²) in [6, 6.07) is 10.9. The predicted octanol–water partition coefficient (Wildman–Crippen LogP) is 3.18. The number of hydrogen-bond donors (Lipinski definition) is 1. The third-order valence-corrected chi connectivity index (χ3v) is 4.42. The summed E-state index contributed by atoms with van der Waals surface area (Å²) < 4.78 is 0. The fourth-order valence-electron chi connectivity index (χ4n) is 2.41. The number of fused-ring (bicyclic) bond motifs is 1. The normalized spacial score (nSPS) is 13.6. The van der Waals surface area contributed by atoms with Gasteiger partial charge < -0.3 is 5.73 Å². The van der Waals surface area contributed by atoms with Crippen LogP contribution in [-0.2, 0) is 19.4 Å². The molecule has 0 fully saturated rings. The number of benzene rings is 1. The number of nitrogens with zero attached hydrogens (tertiary/aromatic N) is 1. The molecule has 1 aromatic carbocycles. The van der Waals surface area contributed by atoms with E-state index in [1.54, 1.807) is 18.0 Å². The van der Waals surface area contributed by atoms with Crippen LogP contribution in [0.15, 0.2) is 46.3 Å². The summed E-state index contributed by atoms with van der Waals surface area (Å²) in [7, 11) is 0. The monoisotopic (exact) mass is 256 g/mol. The molecule has 3 heteroatoms. The number of rotatable bonds is 3. The molecule has 2 aromatic rings. The summed E-state index contributed by atoms with van der Waals surface area (Å²) in [6.45, 7) is 0.494. The fourth-order valence-corrected chi connectivity index (χ4v) is 3.40. The highest BCUT2D eigenvalue weighted by Gasteiger charge is 2.12. The number of nitrogens with two attached hydrogens (primary N) is 1. The van der Waals surface area contributed by atoms with Gasteiger partial charge in [-0.05, 0) is 54.7 Å². The van der Waals surface area contributed by atoms with E-state index in [0.29, 0.717) is 6.54 Å². The third kappa shape index (κ3) is 2.28. The van der Waals surface area contributed by atoms with Gasteiger partial charge in [0.2, 0.25) is 0 Å². The highest BCUT2D eigenvalue weighted by molar-refractivity contribution is 7.99. The SMILES string of the molecule is NCc1ncccc1Sc1ccc2c(c1)CCC2. The molecule has 1 heterocycles. The molecule has 1 aliphatic rings. The lowest BCUT2D eigenvalue weighted by atomic mass is 10.1. The Labute approximate surface area is 112 Å². The molecule has 18 heavy (non-hydrogen) atoms. The average molecular weight is 256 g/mol. The van der Waals surface area contributed by atoms with E-state index in [-0.39, 0.29) is 0 Å². The van der Waals surface area contributed by atoms with E-state index >= 15 is 0 Å².